The normalized spacial score (nSPS) is 8.31. The van der Waals surface area contributed by atoms with Crippen LogP contribution in [0.1, 0.15) is 5.56 Å². The first-order valence-electron chi connectivity index (χ1n) is 3.51. The molecule has 1 rings (SSSR count). The first-order chi connectivity index (χ1) is 6.36. The van der Waals surface area contributed by atoms with Crippen LogP contribution in [-0.2, 0) is 6.54 Å². The third-order valence-electron chi connectivity index (χ3n) is 1.41. The summed E-state index contributed by atoms with van der Waals surface area (Å²) in [4.78, 5) is 5.27. The van der Waals surface area contributed by atoms with Crippen molar-refractivity contribution >= 4 is 5.69 Å². The smallest absolute Gasteiger partial charge is 0.0510 e. The molecule has 0 radical (unpaired) electrons. The van der Waals surface area contributed by atoms with Gasteiger partial charge in [0.25, 0.3) is 0 Å². The summed E-state index contributed by atoms with van der Waals surface area (Å²) in [5.74, 6) is 0. The van der Waals surface area contributed by atoms with Crippen LogP contribution < -0.4 is 0 Å². The fourth-order valence-electron chi connectivity index (χ4n) is 0.833. The van der Waals surface area contributed by atoms with Crippen LogP contribution in [0.25, 0.3) is 20.9 Å². The average molecular weight is 174 g/mol. The summed E-state index contributed by atoms with van der Waals surface area (Å²) in [6.07, 6.45) is 0. The molecule has 0 spiro atoms. The van der Waals surface area contributed by atoms with Crippen molar-refractivity contribution in [2.45, 2.75) is 6.54 Å². The van der Waals surface area contributed by atoms with Crippen LogP contribution in [0.3, 0.4) is 0 Å². The average Bonchev–Trinajstić information content (AvgIpc) is 2.17. The summed E-state index contributed by atoms with van der Waals surface area (Å²) >= 11 is 0. The van der Waals surface area contributed by atoms with Gasteiger partial charge in [-0.25, -0.2) is 0 Å². The van der Waals surface area contributed by atoms with Gasteiger partial charge in [-0.1, -0.05) is 34.5 Å². The second kappa shape index (κ2) is 4.66. The van der Waals surface area contributed by atoms with Crippen molar-refractivity contribution in [3.8, 4) is 0 Å². The summed E-state index contributed by atoms with van der Waals surface area (Å²) in [7, 11) is 0. The highest BCUT2D eigenvalue weighted by molar-refractivity contribution is 5.38. The molecular weight excluding hydrogens is 168 g/mol. The Morgan fingerprint density at radius 3 is 2.31 bits per heavy atom. The zero-order valence-corrected chi connectivity index (χ0v) is 6.70. The molecule has 0 amide bonds. The Kier molecular flexibility index (Phi) is 3.20. The van der Waals surface area contributed by atoms with Crippen LogP contribution in [0.4, 0.5) is 5.69 Å². The van der Waals surface area contributed by atoms with E-state index in [0.717, 1.165) is 5.56 Å². The number of hydrogen-bond acceptors (Lipinski definition) is 2. The molecule has 64 valence electrons. The summed E-state index contributed by atoms with van der Waals surface area (Å²) in [6, 6.07) is 6.83. The van der Waals surface area contributed by atoms with E-state index in [2.05, 4.69) is 20.1 Å². The molecule has 6 heteroatoms. The van der Waals surface area contributed by atoms with Gasteiger partial charge in [-0.05, 0) is 16.6 Å². The fraction of sp³-hybridized carbons (Fsp3) is 0.143. The second-order valence-corrected chi connectivity index (χ2v) is 2.24. The molecule has 6 nitrogen and oxygen atoms in total. The van der Waals surface area contributed by atoms with Gasteiger partial charge >= 0.3 is 0 Å². The maximum atomic E-state index is 8.12. The number of hydrogen-bond donors (Lipinski definition) is 0. The topological polar surface area (TPSA) is 97.5 Å². The highest BCUT2D eigenvalue weighted by atomic mass is 15.1. The van der Waals surface area contributed by atoms with E-state index in [0.29, 0.717) is 12.2 Å². The molecule has 0 aliphatic rings. The molecule has 1 aromatic carbocycles. The van der Waals surface area contributed by atoms with Crippen molar-refractivity contribution in [1.82, 2.24) is 0 Å². The van der Waals surface area contributed by atoms with Gasteiger partial charge in [0.2, 0.25) is 0 Å². The summed E-state index contributed by atoms with van der Waals surface area (Å²) in [5.41, 5.74) is 17.6. The predicted octanol–water partition coefficient (Wildman–Crippen LogP) is 3.44. The minimum absolute atomic E-state index is 0.313. The molecule has 0 aliphatic carbocycles. The van der Waals surface area contributed by atoms with Crippen LogP contribution >= 0.6 is 0 Å². The second-order valence-electron chi connectivity index (χ2n) is 2.24. The molecule has 1 aromatic rings. The molecule has 0 N–H and O–H groups in total. The molecule has 13 heavy (non-hydrogen) atoms. The van der Waals surface area contributed by atoms with Gasteiger partial charge in [-0.2, -0.15) is 0 Å². The lowest BCUT2D eigenvalue weighted by atomic mass is 10.2. The van der Waals surface area contributed by atoms with Crippen molar-refractivity contribution in [2.24, 2.45) is 10.2 Å². The fourth-order valence-corrected chi connectivity index (χ4v) is 0.833. The van der Waals surface area contributed by atoms with Crippen LogP contribution in [0, 0.1) is 0 Å². The Hall–Kier alpha value is -2.16. The maximum Gasteiger partial charge on any atom is 0.0510 e. The molecular formula is C7H6N6. The molecule has 0 atom stereocenters. The lowest BCUT2D eigenvalue weighted by Gasteiger charge is -1.94. The Morgan fingerprint density at radius 1 is 1.08 bits per heavy atom. The van der Waals surface area contributed by atoms with Gasteiger partial charge in [-0.3, -0.25) is 0 Å². The van der Waals surface area contributed by atoms with Crippen LogP contribution in [-0.4, -0.2) is 0 Å². The highest BCUT2D eigenvalue weighted by Crippen LogP contribution is 2.13. The SMILES string of the molecule is [N-]=[N+]=NCc1ccc(N=[N+]=[N-])cc1. The molecule has 0 aliphatic heterocycles. The molecule has 0 bridgehead atoms. The molecule has 0 unspecified atom stereocenters. The van der Waals surface area contributed by atoms with Crippen molar-refractivity contribution in [3.63, 3.8) is 0 Å². The predicted molar refractivity (Wildman–Crippen MR) is 48.1 cm³/mol. The van der Waals surface area contributed by atoms with Gasteiger partial charge in [0.15, 0.2) is 0 Å². The maximum absolute atomic E-state index is 8.12. The summed E-state index contributed by atoms with van der Waals surface area (Å²) in [5, 5.41) is 6.80. The van der Waals surface area contributed by atoms with Crippen LogP contribution in [0.15, 0.2) is 34.5 Å². The van der Waals surface area contributed by atoms with Crippen molar-refractivity contribution in [2.75, 3.05) is 0 Å². The van der Waals surface area contributed by atoms with E-state index in [1.54, 1.807) is 24.3 Å². The number of azide groups is 2. The number of nitrogens with zero attached hydrogens (tertiary/aromatic N) is 6. The zero-order chi connectivity index (χ0) is 9.52. The van der Waals surface area contributed by atoms with Crippen molar-refractivity contribution in [3.05, 3.63) is 50.7 Å². The van der Waals surface area contributed by atoms with Gasteiger partial charge in [0, 0.05) is 15.5 Å². The van der Waals surface area contributed by atoms with E-state index < -0.39 is 0 Å². The van der Waals surface area contributed by atoms with E-state index in [1.165, 1.54) is 0 Å². The number of benzene rings is 1. The van der Waals surface area contributed by atoms with Crippen molar-refractivity contribution in [1.29, 1.82) is 0 Å². The van der Waals surface area contributed by atoms with Crippen molar-refractivity contribution < 1.29 is 0 Å². The van der Waals surface area contributed by atoms with E-state index >= 15 is 0 Å². The third-order valence-corrected chi connectivity index (χ3v) is 1.41. The summed E-state index contributed by atoms with van der Waals surface area (Å²) in [6.45, 7) is 0.313. The minimum atomic E-state index is 0.313. The van der Waals surface area contributed by atoms with E-state index in [4.69, 9.17) is 11.1 Å². The minimum Gasteiger partial charge on any atom is -0.0893 e. The quantitative estimate of drug-likeness (QED) is 0.381. The van der Waals surface area contributed by atoms with Crippen LogP contribution in [0.2, 0.25) is 0 Å². The lowest BCUT2D eigenvalue weighted by Crippen LogP contribution is -1.77. The number of rotatable bonds is 3. The standard InChI is InChI=1S/C7H6N6/c8-12-10-5-6-1-3-7(4-2-6)11-13-9/h1-4H,5H2. The summed E-state index contributed by atoms with van der Waals surface area (Å²) < 4.78 is 0. The molecule has 0 fully saturated rings. The highest BCUT2D eigenvalue weighted by Gasteiger charge is 1.90. The first kappa shape index (κ1) is 8.93. The largest absolute Gasteiger partial charge is 0.0893 e. The van der Waals surface area contributed by atoms with Gasteiger partial charge < -0.3 is 0 Å². The Balaban J connectivity index is 2.80. The molecule has 0 heterocycles. The van der Waals surface area contributed by atoms with E-state index in [1.807, 2.05) is 0 Å². The molecule has 0 saturated heterocycles. The van der Waals surface area contributed by atoms with Gasteiger partial charge in [-0.15, -0.1) is 0 Å². The monoisotopic (exact) mass is 174 g/mol. The van der Waals surface area contributed by atoms with E-state index in [9.17, 15) is 0 Å². The Bertz CT molecular complexity index is 368. The Morgan fingerprint density at radius 2 is 1.77 bits per heavy atom. The molecule has 0 saturated carbocycles. The first-order valence-corrected chi connectivity index (χ1v) is 3.51. The van der Waals surface area contributed by atoms with E-state index in [-0.39, 0.29) is 0 Å². The molecule has 0 aromatic heterocycles. The lowest BCUT2D eigenvalue weighted by molar-refractivity contribution is 1.05. The van der Waals surface area contributed by atoms with Gasteiger partial charge in [0.1, 0.15) is 0 Å². The third kappa shape index (κ3) is 2.75. The van der Waals surface area contributed by atoms with Crippen LogP contribution in [0.5, 0.6) is 0 Å². The Labute approximate surface area is 74.1 Å². The van der Waals surface area contributed by atoms with Gasteiger partial charge in [0.05, 0.1) is 6.54 Å². The zero-order valence-electron chi connectivity index (χ0n) is 6.70.